The smallest absolute Gasteiger partial charge is 0.338 e. The Morgan fingerprint density at radius 2 is 1.46 bits per heavy atom. The molecule has 0 N–H and O–H groups in total. The van der Waals surface area contributed by atoms with Crippen LogP contribution in [0, 0.1) is 11.6 Å². The highest BCUT2D eigenvalue weighted by Crippen LogP contribution is 2.31. The van der Waals surface area contributed by atoms with Gasteiger partial charge in [-0.2, -0.15) is 0 Å². The summed E-state index contributed by atoms with van der Waals surface area (Å²) < 4.78 is 34.2. The standard InChI is InChI=1S/C24H20F2O2/c1-4-16-5-7-17(8-6-16)20-11-9-18(13-22(20)25)21-12-10-19(14-23(21)26)28-24(27)15(2)3/h5-14H,2,4H2,1,3H3. The van der Waals surface area contributed by atoms with Crippen LogP contribution in [0.5, 0.6) is 5.75 Å². The van der Waals surface area contributed by atoms with Gasteiger partial charge in [0.25, 0.3) is 0 Å². The number of halogens is 2. The zero-order valence-corrected chi connectivity index (χ0v) is 15.8. The van der Waals surface area contributed by atoms with Gasteiger partial charge in [0.1, 0.15) is 17.4 Å². The molecule has 0 aromatic heterocycles. The summed E-state index contributed by atoms with van der Waals surface area (Å²) in [6.45, 7) is 7.05. The van der Waals surface area contributed by atoms with E-state index in [-0.39, 0.29) is 16.9 Å². The number of hydrogen-bond donors (Lipinski definition) is 0. The Morgan fingerprint density at radius 1 is 0.893 bits per heavy atom. The van der Waals surface area contributed by atoms with Crippen molar-refractivity contribution in [2.75, 3.05) is 0 Å². The second-order valence-electron chi connectivity index (χ2n) is 6.56. The van der Waals surface area contributed by atoms with E-state index in [1.165, 1.54) is 30.7 Å². The van der Waals surface area contributed by atoms with Gasteiger partial charge in [-0.25, -0.2) is 13.6 Å². The Balaban J connectivity index is 1.89. The van der Waals surface area contributed by atoms with Crippen molar-refractivity contribution in [3.63, 3.8) is 0 Å². The molecule has 0 radical (unpaired) electrons. The predicted molar refractivity (Wildman–Crippen MR) is 107 cm³/mol. The van der Waals surface area contributed by atoms with Crippen molar-refractivity contribution in [2.45, 2.75) is 20.3 Å². The van der Waals surface area contributed by atoms with Crippen LogP contribution in [-0.4, -0.2) is 5.97 Å². The van der Waals surface area contributed by atoms with Crippen LogP contribution >= 0.6 is 0 Å². The quantitative estimate of drug-likeness (QED) is 0.294. The molecule has 3 aromatic carbocycles. The first-order valence-electron chi connectivity index (χ1n) is 8.95. The average Bonchev–Trinajstić information content (AvgIpc) is 2.68. The maximum atomic E-state index is 14.7. The van der Waals surface area contributed by atoms with Crippen molar-refractivity contribution in [1.29, 1.82) is 0 Å². The Hall–Kier alpha value is -3.27. The second kappa shape index (κ2) is 8.17. The monoisotopic (exact) mass is 378 g/mol. The zero-order valence-electron chi connectivity index (χ0n) is 15.8. The normalized spacial score (nSPS) is 10.6. The van der Waals surface area contributed by atoms with E-state index in [1.54, 1.807) is 12.1 Å². The molecule has 0 aliphatic heterocycles. The lowest BCUT2D eigenvalue weighted by atomic mass is 9.98. The summed E-state index contributed by atoms with van der Waals surface area (Å²) in [5.74, 6) is -1.59. The molecule has 0 bridgehead atoms. The van der Waals surface area contributed by atoms with Crippen LogP contribution in [0.4, 0.5) is 8.78 Å². The summed E-state index contributed by atoms with van der Waals surface area (Å²) in [4.78, 5) is 11.5. The SMILES string of the molecule is C=C(C)C(=O)Oc1ccc(-c2ccc(-c3ccc(CC)cc3)c(F)c2)c(F)c1. The molecule has 0 heterocycles. The van der Waals surface area contributed by atoms with Gasteiger partial charge in [0.2, 0.25) is 0 Å². The molecule has 0 spiro atoms. The van der Waals surface area contributed by atoms with Crippen LogP contribution in [-0.2, 0) is 11.2 Å². The first kappa shape index (κ1) is 19.5. The number of rotatable bonds is 5. The number of benzene rings is 3. The molecule has 0 unspecified atom stereocenters. The minimum Gasteiger partial charge on any atom is -0.423 e. The zero-order chi connectivity index (χ0) is 20.3. The lowest BCUT2D eigenvalue weighted by Crippen LogP contribution is -2.08. The van der Waals surface area contributed by atoms with Gasteiger partial charge >= 0.3 is 5.97 Å². The van der Waals surface area contributed by atoms with E-state index < -0.39 is 17.6 Å². The van der Waals surface area contributed by atoms with E-state index in [9.17, 15) is 13.6 Å². The van der Waals surface area contributed by atoms with Gasteiger partial charge in [-0.1, -0.05) is 49.9 Å². The average molecular weight is 378 g/mol. The molecular formula is C24H20F2O2. The first-order chi connectivity index (χ1) is 13.4. The molecule has 0 aliphatic carbocycles. The number of hydrogen-bond acceptors (Lipinski definition) is 2. The van der Waals surface area contributed by atoms with E-state index in [4.69, 9.17) is 4.74 Å². The van der Waals surface area contributed by atoms with E-state index in [0.717, 1.165) is 18.1 Å². The first-order valence-corrected chi connectivity index (χ1v) is 8.95. The summed E-state index contributed by atoms with van der Waals surface area (Å²) in [7, 11) is 0. The fourth-order valence-corrected chi connectivity index (χ4v) is 2.82. The van der Waals surface area contributed by atoms with Gasteiger partial charge in [0.15, 0.2) is 0 Å². The Bertz CT molecular complexity index is 1040. The summed E-state index contributed by atoms with van der Waals surface area (Å²) in [5, 5.41) is 0. The van der Waals surface area contributed by atoms with E-state index in [0.29, 0.717) is 11.1 Å². The molecule has 0 aliphatic rings. The van der Waals surface area contributed by atoms with Crippen LogP contribution in [0.3, 0.4) is 0 Å². The number of carbonyl (C=O) groups excluding carboxylic acids is 1. The van der Waals surface area contributed by atoms with Crippen LogP contribution in [0.25, 0.3) is 22.3 Å². The number of ether oxygens (including phenoxy) is 1. The minimum absolute atomic E-state index is 0.0716. The summed E-state index contributed by atoms with van der Waals surface area (Å²) in [6, 6.07) is 16.3. The molecule has 0 saturated heterocycles. The van der Waals surface area contributed by atoms with Crippen LogP contribution in [0.1, 0.15) is 19.4 Å². The topological polar surface area (TPSA) is 26.3 Å². The Morgan fingerprint density at radius 3 is 2.04 bits per heavy atom. The highest BCUT2D eigenvalue weighted by molar-refractivity contribution is 5.88. The molecule has 142 valence electrons. The van der Waals surface area contributed by atoms with Crippen LogP contribution in [0.15, 0.2) is 72.8 Å². The number of aryl methyl sites for hydroxylation is 1. The molecule has 4 heteroatoms. The third-order valence-corrected chi connectivity index (χ3v) is 4.45. The maximum Gasteiger partial charge on any atom is 0.338 e. The molecule has 0 fully saturated rings. The van der Waals surface area contributed by atoms with Crippen LogP contribution in [0.2, 0.25) is 0 Å². The third kappa shape index (κ3) is 4.17. The fourth-order valence-electron chi connectivity index (χ4n) is 2.82. The van der Waals surface area contributed by atoms with Gasteiger partial charge in [-0.3, -0.25) is 0 Å². The molecule has 3 rings (SSSR count). The molecule has 28 heavy (non-hydrogen) atoms. The fraction of sp³-hybridized carbons (Fsp3) is 0.125. The van der Waals surface area contributed by atoms with Gasteiger partial charge in [-0.05, 0) is 48.2 Å². The van der Waals surface area contributed by atoms with E-state index >= 15 is 0 Å². The highest BCUT2D eigenvalue weighted by Gasteiger charge is 2.13. The van der Waals surface area contributed by atoms with Gasteiger partial charge in [0, 0.05) is 22.8 Å². The molecule has 0 atom stereocenters. The van der Waals surface area contributed by atoms with Crippen molar-refractivity contribution >= 4 is 5.97 Å². The highest BCUT2D eigenvalue weighted by atomic mass is 19.1. The van der Waals surface area contributed by atoms with Gasteiger partial charge < -0.3 is 4.74 Å². The molecule has 2 nitrogen and oxygen atoms in total. The molecule has 0 saturated carbocycles. The largest absolute Gasteiger partial charge is 0.423 e. The second-order valence-corrected chi connectivity index (χ2v) is 6.56. The third-order valence-electron chi connectivity index (χ3n) is 4.45. The van der Waals surface area contributed by atoms with Crippen LogP contribution < -0.4 is 4.74 Å². The Kier molecular flexibility index (Phi) is 5.69. The minimum atomic E-state index is -0.628. The number of esters is 1. The van der Waals surface area contributed by atoms with Gasteiger partial charge in [0.05, 0.1) is 0 Å². The number of carbonyl (C=O) groups is 1. The van der Waals surface area contributed by atoms with Gasteiger partial charge in [-0.15, -0.1) is 0 Å². The van der Waals surface area contributed by atoms with Crippen molar-refractivity contribution in [3.8, 4) is 28.0 Å². The molecule has 3 aromatic rings. The van der Waals surface area contributed by atoms with Crippen molar-refractivity contribution in [1.82, 2.24) is 0 Å². The van der Waals surface area contributed by atoms with Crippen molar-refractivity contribution in [2.24, 2.45) is 0 Å². The van der Waals surface area contributed by atoms with Crippen molar-refractivity contribution in [3.05, 3.63) is 90.0 Å². The van der Waals surface area contributed by atoms with Crippen molar-refractivity contribution < 1.29 is 18.3 Å². The summed E-state index contributed by atoms with van der Waals surface area (Å²) in [5.41, 5.74) is 3.25. The maximum absolute atomic E-state index is 14.7. The summed E-state index contributed by atoms with van der Waals surface area (Å²) >= 11 is 0. The van der Waals surface area contributed by atoms with E-state index in [2.05, 4.69) is 13.5 Å². The Labute approximate surface area is 163 Å². The lowest BCUT2D eigenvalue weighted by molar-refractivity contribution is -0.130. The molecule has 0 amide bonds. The lowest BCUT2D eigenvalue weighted by Gasteiger charge is -2.10. The van der Waals surface area contributed by atoms with E-state index in [1.807, 2.05) is 24.3 Å². The molecular weight excluding hydrogens is 358 g/mol. The predicted octanol–water partition coefficient (Wildman–Crippen LogP) is 6.34. The summed E-state index contributed by atoms with van der Waals surface area (Å²) in [6.07, 6.45) is 0.915.